The molecule has 0 spiro atoms. The Morgan fingerprint density at radius 3 is 2.52 bits per heavy atom. The fourth-order valence-corrected chi connectivity index (χ4v) is 3.07. The van der Waals surface area contributed by atoms with Crippen molar-refractivity contribution in [1.82, 2.24) is 14.9 Å². The van der Waals surface area contributed by atoms with Gasteiger partial charge in [0.15, 0.2) is 0 Å². The summed E-state index contributed by atoms with van der Waals surface area (Å²) in [6.07, 6.45) is 0. The van der Waals surface area contributed by atoms with E-state index in [9.17, 15) is 4.39 Å². The van der Waals surface area contributed by atoms with Crippen LogP contribution in [0.25, 0.3) is 10.9 Å². The van der Waals surface area contributed by atoms with Gasteiger partial charge in [-0.2, -0.15) is 0 Å². The maximum atomic E-state index is 14.3. The molecule has 3 rings (SSSR count). The van der Waals surface area contributed by atoms with Crippen LogP contribution in [0.5, 0.6) is 0 Å². The molecule has 1 aromatic heterocycles. The Bertz CT molecular complexity index is 672. The van der Waals surface area contributed by atoms with Crippen LogP contribution in [0.15, 0.2) is 12.1 Å². The van der Waals surface area contributed by atoms with Gasteiger partial charge in [-0.05, 0) is 24.2 Å². The van der Waals surface area contributed by atoms with Crippen molar-refractivity contribution in [1.29, 1.82) is 0 Å². The van der Waals surface area contributed by atoms with E-state index in [1.807, 2.05) is 4.90 Å². The second-order valence-corrected chi connectivity index (χ2v) is 5.72. The molecule has 0 amide bonds. The minimum atomic E-state index is -0.307. The van der Waals surface area contributed by atoms with Crippen LogP contribution in [0.1, 0.15) is 6.92 Å². The lowest BCUT2D eigenvalue weighted by Gasteiger charge is -2.35. The number of aromatic nitrogens is 2. The van der Waals surface area contributed by atoms with Gasteiger partial charge in [-0.1, -0.05) is 18.5 Å². The van der Waals surface area contributed by atoms with Crippen molar-refractivity contribution in [2.24, 2.45) is 0 Å². The maximum Gasteiger partial charge on any atom is 0.224 e. The molecular weight excluding hydrogens is 314 g/mol. The molecule has 1 aliphatic heterocycles. The lowest BCUT2D eigenvalue weighted by atomic mass is 10.2. The van der Waals surface area contributed by atoms with Gasteiger partial charge in [0.1, 0.15) is 11.0 Å². The molecule has 0 radical (unpaired) electrons. The van der Waals surface area contributed by atoms with Gasteiger partial charge in [0.2, 0.25) is 5.28 Å². The van der Waals surface area contributed by atoms with Crippen LogP contribution < -0.4 is 4.90 Å². The number of hydrogen-bond acceptors (Lipinski definition) is 4. The van der Waals surface area contributed by atoms with Crippen molar-refractivity contribution in [3.05, 3.63) is 28.4 Å². The third-order valence-electron chi connectivity index (χ3n) is 3.85. The van der Waals surface area contributed by atoms with Crippen molar-refractivity contribution in [3.8, 4) is 0 Å². The smallest absolute Gasteiger partial charge is 0.224 e. The van der Waals surface area contributed by atoms with E-state index in [1.54, 1.807) is 6.07 Å². The summed E-state index contributed by atoms with van der Waals surface area (Å²) in [5.41, 5.74) is 0.972. The van der Waals surface area contributed by atoms with Gasteiger partial charge in [-0.25, -0.2) is 14.4 Å². The van der Waals surface area contributed by atoms with Crippen LogP contribution in [0.4, 0.5) is 10.1 Å². The second kappa shape index (κ2) is 5.91. The second-order valence-electron chi connectivity index (χ2n) is 5.03. The molecule has 0 aliphatic carbocycles. The highest BCUT2D eigenvalue weighted by Gasteiger charge is 2.20. The molecule has 0 N–H and O–H groups in total. The van der Waals surface area contributed by atoms with E-state index >= 15 is 0 Å². The summed E-state index contributed by atoms with van der Waals surface area (Å²) >= 11 is 11.8. The fourth-order valence-electron chi connectivity index (χ4n) is 2.62. The molecule has 1 aromatic carbocycles. The minimum Gasteiger partial charge on any atom is -0.367 e. The van der Waals surface area contributed by atoms with Crippen molar-refractivity contribution < 1.29 is 4.39 Å². The van der Waals surface area contributed by atoms with Crippen LogP contribution in [0, 0.1) is 5.82 Å². The van der Waals surface area contributed by atoms with Gasteiger partial charge in [-0.3, -0.25) is 0 Å². The van der Waals surface area contributed by atoms with Crippen molar-refractivity contribution in [3.63, 3.8) is 0 Å². The number of hydrogen-bond donors (Lipinski definition) is 0. The van der Waals surface area contributed by atoms with Gasteiger partial charge < -0.3 is 9.80 Å². The molecule has 7 heteroatoms. The molecule has 0 saturated carbocycles. The summed E-state index contributed by atoms with van der Waals surface area (Å²) in [7, 11) is 0. The number of likely N-dealkylation sites (N-methyl/N-ethyl adjacent to an activating group) is 1. The molecule has 0 atom stereocenters. The Kier molecular flexibility index (Phi) is 4.15. The zero-order valence-corrected chi connectivity index (χ0v) is 13.1. The van der Waals surface area contributed by atoms with Crippen LogP contribution in [-0.4, -0.2) is 47.6 Å². The number of fused-ring (bicyclic) bond motifs is 1. The lowest BCUT2D eigenvalue weighted by molar-refractivity contribution is 0.270. The van der Waals surface area contributed by atoms with Gasteiger partial charge in [0.25, 0.3) is 0 Å². The Hall–Kier alpha value is -1.17. The normalized spacial score (nSPS) is 16.7. The van der Waals surface area contributed by atoms with Crippen LogP contribution in [0.3, 0.4) is 0 Å². The largest absolute Gasteiger partial charge is 0.367 e. The molecule has 112 valence electrons. The topological polar surface area (TPSA) is 32.3 Å². The first-order valence-corrected chi connectivity index (χ1v) is 7.63. The Morgan fingerprint density at radius 2 is 1.86 bits per heavy atom. The third kappa shape index (κ3) is 2.91. The highest BCUT2D eigenvalue weighted by molar-refractivity contribution is 6.35. The third-order valence-corrected chi connectivity index (χ3v) is 4.31. The SMILES string of the molecule is CCN1CCN(c2cc3c(Cl)nc(Cl)nc3cc2F)CC1. The minimum absolute atomic E-state index is 0.0243. The number of nitrogens with zero attached hydrogens (tertiary/aromatic N) is 4. The first kappa shape index (κ1) is 14.8. The Labute approximate surface area is 132 Å². The first-order chi connectivity index (χ1) is 10.1. The standard InChI is InChI=1S/C14H15Cl2FN4/c1-2-20-3-5-21(6-4-20)12-7-9-11(8-10(12)17)18-14(16)19-13(9)15/h7-8H,2-6H2,1H3. The van der Waals surface area contributed by atoms with Gasteiger partial charge >= 0.3 is 0 Å². The molecule has 0 unspecified atom stereocenters. The Balaban J connectivity index is 1.98. The van der Waals surface area contributed by atoms with Crippen molar-refractivity contribution in [2.45, 2.75) is 6.92 Å². The molecule has 2 heterocycles. The maximum absolute atomic E-state index is 14.3. The summed E-state index contributed by atoms with van der Waals surface area (Å²) in [4.78, 5) is 12.3. The van der Waals surface area contributed by atoms with E-state index in [4.69, 9.17) is 23.2 Å². The molecule has 21 heavy (non-hydrogen) atoms. The fraction of sp³-hybridized carbons (Fsp3) is 0.429. The molecular formula is C14H15Cl2FN4. The number of rotatable bonds is 2. The average molecular weight is 329 g/mol. The molecule has 1 fully saturated rings. The number of piperazine rings is 1. The van der Waals surface area contributed by atoms with Gasteiger partial charge in [0.05, 0.1) is 11.2 Å². The number of benzene rings is 1. The zero-order chi connectivity index (χ0) is 15.0. The van der Waals surface area contributed by atoms with E-state index in [0.717, 1.165) is 32.7 Å². The number of anilines is 1. The monoisotopic (exact) mass is 328 g/mol. The Morgan fingerprint density at radius 1 is 1.14 bits per heavy atom. The van der Waals surface area contributed by atoms with E-state index < -0.39 is 0 Å². The predicted molar refractivity (Wildman–Crippen MR) is 83.8 cm³/mol. The summed E-state index contributed by atoms with van der Waals surface area (Å²) in [5.74, 6) is -0.307. The zero-order valence-electron chi connectivity index (χ0n) is 11.6. The van der Waals surface area contributed by atoms with Crippen LogP contribution >= 0.6 is 23.2 Å². The molecule has 1 saturated heterocycles. The first-order valence-electron chi connectivity index (χ1n) is 6.88. The van der Waals surface area contributed by atoms with Crippen molar-refractivity contribution >= 4 is 39.8 Å². The van der Waals surface area contributed by atoms with Gasteiger partial charge in [-0.15, -0.1) is 0 Å². The van der Waals surface area contributed by atoms with E-state index in [2.05, 4.69) is 21.8 Å². The quantitative estimate of drug-likeness (QED) is 0.626. The predicted octanol–water partition coefficient (Wildman–Crippen LogP) is 3.22. The molecule has 2 aromatic rings. The molecule has 4 nitrogen and oxygen atoms in total. The lowest BCUT2D eigenvalue weighted by Crippen LogP contribution is -2.46. The average Bonchev–Trinajstić information content (AvgIpc) is 2.46. The summed E-state index contributed by atoms with van der Waals surface area (Å²) in [6, 6.07) is 3.08. The summed E-state index contributed by atoms with van der Waals surface area (Å²) in [5, 5.41) is 0.894. The van der Waals surface area contributed by atoms with E-state index in [-0.39, 0.29) is 16.3 Å². The molecule has 1 aliphatic rings. The van der Waals surface area contributed by atoms with Gasteiger partial charge in [0, 0.05) is 37.6 Å². The van der Waals surface area contributed by atoms with E-state index in [0.29, 0.717) is 16.6 Å². The number of halogens is 3. The molecule has 0 bridgehead atoms. The van der Waals surface area contributed by atoms with E-state index in [1.165, 1.54) is 6.07 Å². The van der Waals surface area contributed by atoms with Crippen molar-refractivity contribution in [2.75, 3.05) is 37.6 Å². The summed E-state index contributed by atoms with van der Waals surface area (Å²) in [6.45, 7) is 6.60. The van der Waals surface area contributed by atoms with Crippen LogP contribution in [0.2, 0.25) is 10.4 Å². The van der Waals surface area contributed by atoms with Crippen LogP contribution in [-0.2, 0) is 0 Å². The highest BCUT2D eigenvalue weighted by atomic mass is 35.5. The highest BCUT2D eigenvalue weighted by Crippen LogP contribution is 2.30. The summed E-state index contributed by atoms with van der Waals surface area (Å²) < 4.78 is 14.3.